The van der Waals surface area contributed by atoms with Gasteiger partial charge in [0.05, 0.1) is 20.3 Å². The van der Waals surface area contributed by atoms with Crippen molar-refractivity contribution in [1.29, 1.82) is 0 Å². The zero-order chi connectivity index (χ0) is 25.3. The van der Waals surface area contributed by atoms with Gasteiger partial charge >= 0.3 is 5.97 Å². The number of likely N-dealkylation sites (tertiary alicyclic amines) is 1. The number of para-hydroxylation sites is 1. The van der Waals surface area contributed by atoms with E-state index in [-0.39, 0.29) is 31.4 Å². The van der Waals surface area contributed by atoms with Gasteiger partial charge in [0.25, 0.3) is 0 Å². The highest BCUT2D eigenvalue weighted by Gasteiger charge is 2.66. The Morgan fingerprint density at radius 2 is 1.58 bits per heavy atom. The summed E-state index contributed by atoms with van der Waals surface area (Å²) in [7, 11) is 1.59. The Kier molecular flexibility index (Phi) is 6.22. The van der Waals surface area contributed by atoms with Crippen LogP contribution in [-0.4, -0.2) is 42.4 Å². The van der Waals surface area contributed by atoms with Gasteiger partial charge in [0.1, 0.15) is 17.2 Å². The maximum absolute atomic E-state index is 14.3. The lowest BCUT2D eigenvalue weighted by Gasteiger charge is -2.32. The van der Waals surface area contributed by atoms with Gasteiger partial charge in [-0.15, -0.1) is 0 Å². The summed E-state index contributed by atoms with van der Waals surface area (Å²) in [6, 6.07) is 23.4. The molecule has 184 valence electrons. The summed E-state index contributed by atoms with van der Waals surface area (Å²) in [5.41, 5.74) is 1.86. The summed E-state index contributed by atoms with van der Waals surface area (Å²) >= 11 is 0. The molecule has 2 aliphatic rings. The van der Waals surface area contributed by atoms with E-state index in [1.807, 2.05) is 78.9 Å². The van der Waals surface area contributed by atoms with E-state index in [1.54, 1.807) is 18.9 Å². The van der Waals surface area contributed by atoms with Crippen molar-refractivity contribution in [2.24, 2.45) is 0 Å². The summed E-state index contributed by atoms with van der Waals surface area (Å²) < 4.78 is 10.7. The van der Waals surface area contributed by atoms with Gasteiger partial charge in [-0.25, -0.2) is 4.79 Å². The first kappa shape index (κ1) is 23.6. The summed E-state index contributed by atoms with van der Waals surface area (Å²) in [6.45, 7) is 2.41. The van der Waals surface area contributed by atoms with Crippen LogP contribution in [-0.2, 0) is 37.6 Å². The van der Waals surface area contributed by atoms with Gasteiger partial charge in [-0.05, 0) is 41.8 Å². The molecule has 1 saturated heterocycles. The number of anilines is 1. The molecule has 3 aromatic carbocycles. The van der Waals surface area contributed by atoms with E-state index in [4.69, 9.17) is 9.47 Å². The summed E-state index contributed by atoms with van der Waals surface area (Å²) in [6.07, 6.45) is -0.0895. The number of nitrogens with zero attached hydrogens (tertiary/aromatic N) is 2. The summed E-state index contributed by atoms with van der Waals surface area (Å²) in [5.74, 6) is -0.382. The van der Waals surface area contributed by atoms with Crippen LogP contribution < -0.4 is 9.64 Å². The molecule has 0 bridgehead atoms. The lowest BCUT2D eigenvalue weighted by Crippen LogP contribution is -2.54. The van der Waals surface area contributed by atoms with E-state index in [0.29, 0.717) is 17.9 Å². The van der Waals surface area contributed by atoms with Crippen molar-refractivity contribution in [3.05, 3.63) is 95.6 Å². The van der Waals surface area contributed by atoms with Gasteiger partial charge in [-0.1, -0.05) is 60.7 Å². The predicted molar refractivity (Wildman–Crippen MR) is 134 cm³/mol. The van der Waals surface area contributed by atoms with Crippen molar-refractivity contribution >= 4 is 23.5 Å². The molecule has 0 unspecified atom stereocenters. The third-order valence-corrected chi connectivity index (χ3v) is 7.04. The maximum atomic E-state index is 14.3. The lowest BCUT2D eigenvalue weighted by atomic mass is 9.74. The van der Waals surface area contributed by atoms with Crippen LogP contribution in [0.15, 0.2) is 78.9 Å². The van der Waals surface area contributed by atoms with Gasteiger partial charge < -0.3 is 19.3 Å². The molecule has 0 radical (unpaired) electrons. The van der Waals surface area contributed by atoms with Gasteiger partial charge in [-0.3, -0.25) is 9.59 Å². The van der Waals surface area contributed by atoms with Crippen LogP contribution in [0.5, 0.6) is 5.75 Å². The fourth-order valence-corrected chi connectivity index (χ4v) is 5.41. The first-order chi connectivity index (χ1) is 17.5. The van der Waals surface area contributed by atoms with E-state index < -0.39 is 17.4 Å². The molecule has 0 N–H and O–H groups in total. The van der Waals surface area contributed by atoms with Crippen LogP contribution in [0.4, 0.5) is 5.69 Å². The molecule has 36 heavy (non-hydrogen) atoms. The topological polar surface area (TPSA) is 76.1 Å². The van der Waals surface area contributed by atoms with Crippen molar-refractivity contribution < 1.29 is 23.9 Å². The molecular formula is C29H28N2O5. The standard InChI is InChI=1S/C29H28N2O5/c1-3-36-27(33)26-29(17-25(32)31(26)19-21-13-15-22(35-2)16-14-21)23-11-7-8-12-24(23)30(28(29)34)18-20-9-5-4-6-10-20/h4-16,26H,3,17-19H2,1-2H3/t26-,29+/m0/s1. The van der Waals surface area contributed by atoms with Crippen LogP contribution in [0.25, 0.3) is 0 Å². The highest BCUT2D eigenvalue weighted by Crippen LogP contribution is 2.52. The van der Waals surface area contributed by atoms with Crippen LogP contribution >= 0.6 is 0 Å². The smallest absolute Gasteiger partial charge is 0.330 e. The molecule has 2 atom stereocenters. The Morgan fingerprint density at radius 1 is 0.917 bits per heavy atom. The fourth-order valence-electron chi connectivity index (χ4n) is 5.41. The lowest BCUT2D eigenvalue weighted by molar-refractivity contribution is -0.154. The number of carbonyl (C=O) groups is 3. The van der Waals surface area contributed by atoms with Gasteiger partial charge in [0.15, 0.2) is 0 Å². The Hall–Kier alpha value is -4.13. The predicted octanol–water partition coefficient (Wildman–Crippen LogP) is 3.84. The van der Waals surface area contributed by atoms with E-state index >= 15 is 0 Å². The number of ether oxygens (including phenoxy) is 2. The first-order valence-corrected chi connectivity index (χ1v) is 12.0. The quantitative estimate of drug-likeness (QED) is 0.477. The number of carbonyl (C=O) groups excluding carboxylic acids is 3. The second-order valence-electron chi connectivity index (χ2n) is 9.07. The second kappa shape index (κ2) is 9.49. The molecule has 0 aliphatic carbocycles. The van der Waals surface area contributed by atoms with Crippen molar-refractivity contribution in [3.63, 3.8) is 0 Å². The Bertz CT molecular complexity index is 1290. The van der Waals surface area contributed by atoms with Crippen LogP contribution in [0.2, 0.25) is 0 Å². The number of hydrogen-bond donors (Lipinski definition) is 0. The van der Waals surface area contributed by atoms with E-state index in [9.17, 15) is 14.4 Å². The van der Waals surface area contributed by atoms with Crippen LogP contribution in [0.1, 0.15) is 30.0 Å². The molecule has 3 aromatic rings. The average Bonchev–Trinajstić information content (AvgIpc) is 3.32. The number of fused-ring (bicyclic) bond motifs is 2. The molecule has 2 amide bonds. The Balaban J connectivity index is 1.58. The molecule has 5 rings (SSSR count). The molecule has 0 saturated carbocycles. The normalized spacial score (nSPS) is 20.7. The molecule has 2 aliphatic heterocycles. The second-order valence-corrected chi connectivity index (χ2v) is 9.07. The number of esters is 1. The zero-order valence-corrected chi connectivity index (χ0v) is 20.3. The molecule has 7 nitrogen and oxygen atoms in total. The van der Waals surface area contributed by atoms with Crippen molar-refractivity contribution in [2.75, 3.05) is 18.6 Å². The van der Waals surface area contributed by atoms with Crippen molar-refractivity contribution in [1.82, 2.24) is 4.90 Å². The minimum Gasteiger partial charge on any atom is -0.497 e. The Morgan fingerprint density at radius 3 is 2.28 bits per heavy atom. The van der Waals surface area contributed by atoms with E-state index in [2.05, 4.69) is 0 Å². The van der Waals surface area contributed by atoms with Gasteiger partial charge in [0.2, 0.25) is 11.8 Å². The number of rotatable bonds is 7. The molecule has 2 heterocycles. The minimum absolute atomic E-state index is 0.0895. The Labute approximate surface area is 210 Å². The summed E-state index contributed by atoms with van der Waals surface area (Å²) in [5, 5.41) is 0. The molecule has 0 aromatic heterocycles. The van der Waals surface area contributed by atoms with E-state index in [0.717, 1.165) is 16.8 Å². The first-order valence-electron chi connectivity index (χ1n) is 12.0. The minimum atomic E-state index is -1.35. The van der Waals surface area contributed by atoms with E-state index in [1.165, 1.54) is 4.90 Å². The van der Waals surface area contributed by atoms with Gasteiger partial charge in [0, 0.05) is 18.7 Å². The highest BCUT2D eigenvalue weighted by molar-refractivity contribution is 6.15. The molecular weight excluding hydrogens is 456 g/mol. The SMILES string of the molecule is CCOC(=O)[C@@H]1N(Cc2ccc(OC)cc2)C(=O)C[C@]12C(=O)N(Cc1ccccc1)c1ccccc12. The van der Waals surface area contributed by atoms with Crippen LogP contribution in [0.3, 0.4) is 0 Å². The fraction of sp³-hybridized carbons (Fsp3) is 0.276. The molecule has 1 spiro atoms. The van der Waals surface area contributed by atoms with Gasteiger partial charge in [-0.2, -0.15) is 0 Å². The summed E-state index contributed by atoms with van der Waals surface area (Å²) in [4.78, 5) is 44.4. The highest BCUT2D eigenvalue weighted by atomic mass is 16.5. The third kappa shape index (κ3) is 3.81. The third-order valence-electron chi connectivity index (χ3n) is 7.04. The molecule has 1 fully saturated rings. The molecule has 7 heteroatoms. The number of methoxy groups -OCH3 is 1. The zero-order valence-electron chi connectivity index (χ0n) is 20.3. The largest absolute Gasteiger partial charge is 0.497 e. The number of hydrogen-bond acceptors (Lipinski definition) is 5. The average molecular weight is 485 g/mol. The maximum Gasteiger partial charge on any atom is 0.330 e. The monoisotopic (exact) mass is 484 g/mol. The van der Waals surface area contributed by atoms with Crippen molar-refractivity contribution in [2.45, 2.75) is 37.9 Å². The number of amides is 2. The number of benzene rings is 3. The van der Waals surface area contributed by atoms with Crippen molar-refractivity contribution in [3.8, 4) is 5.75 Å². The van der Waals surface area contributed by atoms with Crippen LogP contribution in [0, 0.1) is 0 Å².